The van der Waals surface area contributed by atoms with Crippen LogP contribution in [-0.2, 0) is 0 Å². The lowest BCUT2D eigenvalue weighted by atomic mass is 10.1. The molecule has 0 bridgehead atoms. The number of carbonyl (C=O) groups is 1. The van der Waals surface area contributed by atoms with Gasteiger partial charge in [0, 0.05) is 16.8 Å². The van der Waals surface area contributed by atoms with Gasteiger partial charge in [0.2, 0.25) is 0 Å². The Balaban J connectivity index is 1.83. The number of nitrogens with one attached hydrogen (secondary N) is 1. The van der Waals surface area contributed by atoms with E-state index in [0.717, 1.165) is 10.9 Å². The molecular weight excluding hydrogens is 342 g/mol. The lowest BCUT2D eigenvalue weighted by Crippen LogP contribution is -2.34. The molecule has 124 valence electrons. The molecule has 24 heavy (non-hydrogen) atoms. The summed E-state index contributed by atoms with van der Waals surface area (Å²) in [6.07, 6.45) is 0. The zero-order valence-electron chi connectivity index (χ0n) is 13.5. The molecule has 4 nitrogen and oxygen atoms in total. The number of nitrogens with zero attached hydrogens (tertiary/aromatic N) is 2. The third-order valence-electron chi connectivity index (χ3n) is 3.88. The van der Waals surface area contributed by atoms with Crippen molar-refractivity contribution < 1.29 is 4.79 Å². The first kappa shape index (κ1) is 16.9. The Labute approximate surface area is 150 Å². The monoisotopic (exact) mass is 359 g/mol. The average Bonchev–Trinajstić information content (AvgIpc) is 3.07. The molecule has 0 aliphatic heterocycles. The molecule has 1 amide bonds. The van der Waals surface area contributed by atoms with Gasteiger partial charge < -0.3 is 10.2 Å². The van der Waals surface area contributed by atoms with Gasteiger partial charge in [0.05, 0.1) is 17.1 Å². The van der Waals surface area contributed by atoms with Gasteiger partial charge in [-0.15, -0.1) is 11.3 Å². The van der Waals surface area contributed by atoms with E-state index in [0.29, 0.717) is 17.3 Å². The largest absolute Gasteiger partial charge is 0.350 e. The van der Waals surface area contributed by atoms with Gasteiger partial charge in [0.1, 0.15) is 5.15 Å². The molecule has 2 heterocycles. The molecule has 1 unspecified atom stereocenters. The van der Waals surface area contributed by atoms with E-state index >= 15 is 0 Å². The van der Waals surface area contributed by atoms with E-state index in [2.05, 4.69) is 21.3 Å². The number of thiophene rings is 1. The molecule has 3 aromatic rings. The van der Waals surface area contributed by atoms with Crippen LogP contribution in [0.5, 0.6) is 0 Å². The Kier molecular flexibility index (Phi) is 5.14. The molecule has 0 aliphatic rings. The van der Waals surface area contributed by atoms with Crippen LogP contribution in [0.3, 0.4) is 0 Å². The van der Waals surface area contributed by atoms with Crippen molar-refractivity contribution in [2.24, 2.45) is 0 Å². The summed E-state index contributed by atoms with van der Waals surface area (Å²) in [6.45, 7) is 0.528. The van der Waals surface area contributed by atoms with E-state index in [9.17, 15) is 4.79 Å². The zero-order chi connectivity index (χ0) is 17.1. The number of para-hydroxylation sites is 1. The molecule has 1 atom stereocenters. The van der Waals surface area contributed by atoms with Crippen molar-refractivity contribution in [1.82, 2.24) is 15.2 Å². The highest BCUT2D eigenvalue weighted by atomic mass is 35.5. The topological polar surface area (TPSA) is 45.2 Å². The van der Waals surface area contributed by atoms with Crippen LogP contribution < -0.4 is 5.32 Å². The highest BCUT2D eigenvalue weighted by Crippen LogP contribution is 2.24. The summed E-state index contributed by atoms with van der Waals surface area (Å²) in [7, 11) is 4.02. The van der Waals surface area contributed by atoms with Crippen LogP contribution in [-0.4, -0.2) is 36.4 Å². The Hall–Kier alpha value is -1.95. The van der Waals surface area contributed by atoms with Crippen LogP contribution in [0, 0.1) is 0 Å². The van der Waals surface area contributed by atoms with Gasteiger partial charge in [0.15, 0.2) is 0 Å². The number of fused-ring (bicyclic) bond motifs is 1. The maximum atomic E-state index is 12.7. The number of pyridine rings is 1. The van der Waals surface area contributed by atoms with Crippen LogP contribution in [0.2, 0.25) is 5.15 Å². The number of benzene rings is 1. The fourth-order valence-corrected chi connectivity index (χ4v) is 3.76. The number of likely N-dealkylation sites (N-methyl/N-ethyl adjacent to an activating group) is 1. The average molecular weight is 360 g/mol. The van der Waals surface area contributed by atoms with Crippen molar-refractivity contribution in [2.75, 3.05) is 20.6 Å². The lowest BCUT2D eigenvalue weighted by Gasteiger charge is -2.23. The summed E-state index contributed by atoms with van der Waals surface area (Å²) in [5.41, 5.74) is 1.27. The summed E-state index contributed by atoms with van der Waals surface area (Å²) in [5, 5.41) is 6.20. The number of carbonyl (C=O) groups excluding carboxylic acids is 1. The molecular formula is C18H18ClN3OS. The second-order valence-corrected chi connectivity index (χ2v) is 7.08. The molecule has 1 N–H and O–H groups in total. The number of halogens is 1. The smallest absolute Gasteiger partial charge is 0.252 e. The van der Waals surface area contributed by atoms with Crippen LogP contribution in [0.15, 0.2) is 47.8 Å². The third kappa shape index (κ3) is 3.59. The summed E-state index contributed by atoms with van der Waals surface area (Å²) in [4.78, 5) is 20.3. The van der Waals surface area contributed by atoms with Crippen molar-refractivity contribution in [3.8, 4) is 0 Å². The number of hydrogen-bond acceptors (Lipinski definition) is 4. The third-order valence-corrected chi connectivity index (χ3v) is 5.05. The second kappa shape index (κ2) is 7.30. The number of amides is 1. The van der Waals surface area contributed by atoms with E-state index in [1.165, 1.54) is 4.88 Å². The number of hydrogen-bond donors (Lipinski definition) is 1. The second-order valence-electron chi connectivity index (χ2n) is 5.71. The van der Waals surface area contributed by atoms with Gasteiger partial charge >= 0.3 is 0 Å². The first-order chi connectivity index (χ1) is 11.6. The number of rotatable bonds is 5. The molecule has 0 saturated heterocycles. The van der Waals surface area contributed by atoms with Crippen molar-refractivity contribution in [3.05, 3.63) is 63.4 Å². The molecule has 2 aromatic heterocycles. The minimum absolute atomic E-state index is 0.137. The van der Waals surface area contributed by atoms with Crippen LogP contribution >= 0.6 is 22.9 Å². The summed E-state index contributed by atoms with van der Waals surface area (Å²) >= 11 is 7.75. The first-order valence-electron chi connectivity index (χ1n) is 7.59. The molecule has 1 aromatic carbocycles. The molecule has 6 heteroatoms. The number of aromatic nitrogens is 1. The van der Waals surface area contributed by atoms with Gasteiger partial charge in [-0.05, 0) is 37.7 Å². The predicted octanol–water partition coefficient (Wildman–Crippen LogP) is 3.98. The summed E-state index contributed by atoms with van der Waals surface area (Å²) in [5.74, 6) is -0.140. The minimum atomic E-state index is -0.140. The Morgan fingerprint density at radius 2 is 2.08 bits per heavy atom. The van der Waals surface area contributed by atoms with Crippen molar-refractivity contribution in [1.29, 1.82) is 0 Å². The van der Waals surface area contributed by atoms with Crippen molar-refractivity contribution >= 4 is 39.7 Å². The lowest BCUT2D eigenvalue weighted by molar-refractivity contribution is 0.0944. The van der Waals surface area contributed by atoms with E-state index in [4.69, 9.17) is 11.6 Å². The van der Waals surface area contributed by atoms with E-state index in [1.54, 1.807) is 17.4 Å². The minimum Gasteiger partial charge on any atom is -0.350 e. The van der Waals surface area contributed by atoms with E-state index < -0.39 is 0 Å². The van der Waals surface area contributed by atoms with Crippen LogP contribution in [0.4, 0.5) is 0 Å². The zero-order valence-corrected chi connectivity index (χ0v) is 15.1. The van der Waals surface area contributed by atoms with Crippen LogP contribution in [0.25, 0.3) is 10.9 Å². The summed E-state index contributed by atoms with van der Waals surface area (Å²) < 4.78 is 0. The Morgan fingerprint density at radius 1 is 1.29 bits per heavy atom. The first-order valence-corrected chi connectivity index (χ1v) is 8.85. The van der Waals surface area contributed by atoms with Gasteiger partial charge in [-0.25, -0.2) is 4.98 Å². The van der Waals surface area contributed by atoms with Crippen molar-refractivity contribution in [2.45, 2.75) is 6.04 Å². The van der Waals surface area contributed by atoms with Gasteiger partial charge in [-0.1, -0.05) is 35.9 Å². The molecule has 3 rings (SSSR count). The SMILES string of the molecule is CN(C)C(CNC(=O)c1cc(Cl)nc2ccccc12)c1cccs1. The fourth-order valence-electron chi connectivity index (χ4n) is 2.63. The molecule has 0 aliphatic carbocycles. The maximum absolute atomic E-state index is 12.7. The highest BCUT2D eigenvalue weighted by molar-refractivity contribution is 7.10. The van der Waals surface area contributed by atoms with Gasteiger partial charge in [-0.2, -0.15) is 0 Å². The quantitative estimate of drug-likeness (QED) is 0.701. The summed E-state index contributed by atoms with van der Waals surface area (Å²) in [6, 6.07) is 13.4. The molecule has 0 saturated carbocycles. The molecule has 0 radical (unpaired) electrons. The van der Waals surface area contributed by atoms with E-state index in [1.807, 2.05) is 49.8 Å². The maximum Gasteiger partial charge on any atom is 0.252 e. The van der Waals surface area contributed by atoms with Gasteiger partial charge in [-0.3, -0.25) is 4.79 Å². The highest BCUT2D eigenvalue weighted by Gasteiger charge is 2.18. The molecule has 0 fully saturated rings. The fraction of sp³-hybridized carbons (Fsp3) is 0.222. The van der Waals surface area contributed by atoms with E-state index in [-0.39, 0.29) is 11.9 Å². The predicted molar refractivity (Wildman–Crippen MR) is 99.8 cm³/mol. The standard InChI is InChI=1S/C18H18ClN3OS/c1-22(2)15(16-8-5-9-24-16)11-20-18(23)13-10-17(19)21-14-7-4-3-6-12(13)14/h3-10,15H,11H2,1-2H3,(H,20,23). The Morgan fingerprint density at radius 3 is 2.79 bits per heavy atom. The van der Waals surface area contributed by atoms with Crippen LogP contribution in [0.1, 0.15) is 21.3 Å². The normalized spacial score (nSPS) is 12.5. The van der Waals surface area contributed by atoms with Crippen molar-refractivity contribution in [3.63, 3.8) is 0 Å². The molecule has 0 spiro atoms. The Bertz CT molecular complexity index is 849. The van der Waals surface area contributed by atoms with Gasteiger partial charge in [0.25, 0.3) is 5.91 Å².